The molecule has 0 aromatic heterocycles. The second-order valence-corrected chi connectivity index (χ2v) is 4.71. The van der Waals surface area contributed by atoms with E-state index in [-0.39, 0.29) is 5.56 Å². The fourth-order valence-electron chi connectivity index (χ4n) is 2.03. The summed E-state index contributed by atoms with van der Waals surface area (Å²) in [6.07, 6.45) is -4.86. The number of hydrogen-bond donors (Lipinski definition) is 0. The lowest BCUT2D eigenvalue weighted by molar-refractivity contribution is -0.388. The van der Waals surface area contributed by atoms with E-state index in [2.05, 4.69) is 0 Å². The normalized spacial score (nSPS) is 13.0. The van der Waals surface area contributed by atoms with Crippen LogP contribution in [-0.2, 0) is 6.18 Å². The van der Waals surface area contributed by atoms with Crippen LogP contribution in [0.4, 0.5) is 18.9 Å². The molecule has 0 fully saturated rings. The van der Waals surface area contributed by atoms with Crippen LogP contribution in [0.5, 0.6) is 0 Å². The molecule has 0 heterocycles. The van der Waals surface area contributed by atoms with Crippen molar-refractivity contribution in [2.24, 2.45) is 0 Å². The van der Waals surface area contributed by atoms with Gasteiger partial charge in [-0.2, -0.15) is 13.2 Å². The highest BCUT2D eigenvalue weighted by Crippen LogP contribution is 2.43. The van der Waals surface area contributed by atoms with Crippen LogP contribution in [-0.4, -0.2) is 4.92 Å². The Balaban J connectivity index is 2.64. The quantitative estimate of drug-likeness (QED) is 0.457. The molecule has 2 aromatic carbocycles. The molecular weight excluding hydrogens is 307 g/mol. The summed E-state index contributed by atoms with van der Waals surface area (Å²) in [5.74, 6) is 0. The summed E-state index contributed by atoms with van der Waals surface area (Å²) in [5, 5.41) is 9.72. The number of nitrogens with zero attached hydrogens (tertiary/aromatic N) is 1. The highest BCUT2D eigenvalue weighted by atomic mass is 35.5. The van der Waals surface area contributed by atoms with Gasteiger partial charge in [-0.3, -0.25) is 10.1 Å². The molecule has 0 amide bonds. The third-order valence-corrected chi connectivity index (χ3v) is 3.41. The van der Waals surface area contributed by atoms with Crippen LogP contribution in [0.25, 0.3) is 0 Å². The predicted molar refractivity (Wildman–Crippen MR) is 72.2 cm³/mol. The minimum atomic E-state index is -4.86. The molecule has 2 rings (SSSR count). The van der Waals surface area contributed by atoms with E-state index in [0.717, 1.165) is 12.1 Å². The molecule has 1 unspecified atom stereocenters. The summed E-state index contributed by atoms with van der Waals surface area (Å²) in [6.45, 7) is 0. The summed E-state index contributed by atoms with van der Waals surface area (Å²) < 4.78 is 39.5. The van der Waals surface area contributed by atoms with Crippen molar-refractivity contribution in [3.05, 3.63) is 75.3 Å². The molecule has 0 radical (unpaired) electrons. The minimum absolute atomic E-state index is 0.329. The van der Waals surface area contributed by atoms with Gasteiger partial charge in [-0.15, -0.1) is 11.6 Å². The average molecular weight is 316 g/mol. The maximum absolute atomic E-state index is 13.2. The minimum Gasteiger partial charge on any atom is -0.258 e. The maximum Gasteiger partial charge on any atom is 0.423 e. The summed E-state index contributed by atoms with van der Waals surface area (Å²) >= 11 is 6.10. The van der Waals surface area contributed by atoms with Crippen molar-refractivity contribution < 1.29 is 18.1 Å². The molecule has 0 N–H and O–H groups in total. The van der Waals surface area contributed by atoms with E-state index < -0.39 is 27.7 Å². The topological polar surface area (TPSA) is 43.1 Å². The van der Waals surface area contributed by atoms with E-state index in [9.17, 15) is 23.3 Å². The molecular formula is C14H9ClF3NO2. The lowest BCUT2D eigenvalue weighted by atomic mass is 9.97. The average Bonchev–Trinajstić information content (AvgIpc) is 2.45. The number of rotatable bonds is 3. The third kappa shape index (κ3) is 3.16. The Morgan fingerprint density at radius 1 is 1.05 bits per heavy atom. The van der Waals surface area contributed by atoms with Crippen LogP contribution in [0.3, 0.4) is 0 Å². The molecule has 1 atom stereocenters. The van der Waals surface area contributed by atoms with Gasteiger partial charge in [0.05, 0.1) is 10.3 Å². The Hall–Kier alpha value is -2.08. The van der Waals surface area contributed by atoms with E-state index in [1.807, 2.05) is 0 Å². The summed E-state index contributed by atoms with van der Waals surface area (Å²) in [6, 6.07) is 11.3. The predicted octanol–water partition coefficient (Wildman–Crippen LogP) is 4.94. The van der Waals surface area contributed by atoms with Crippen LogP contribution >= 0.6 is 11.6 Å². The van der Waals surface area contributed by atoms with Crippen LogP contribution in [0, 0.1) is 10.1 Å². The SMILES string of the molecule is O=[N+]([O-])c1cccc(C(Cl)c2ccccc2)c1C(F)(F)F. The van der Waals surface area contributed by atoms with E-state index in [1.54, 1.807) is 30.3 Å². The third-order valence-electron chi connectivity index (χ3n) is 2.92. The maximum atomic E-state index is 13.2. The Morgan fingerprint density at radius 3 is 2.19 bits per heavy atom. The van der Waals surface area contributed by atoms with Crippen molar-refractivity contribution in [2.75, 3.05) is 0 Å². The first-order valence-electron chi connectivity index (χ1n) is 5.86. The Kier molecular flexibility index (Phi) is 4.18. The first-order chi connectivity index (χ1) is 9.82. The summed E-state index contributed by atoms with van der Waals surface area (Å²) in [4.78, 5) is 9.79. The fraction of sp³-hybridized carbons (Fsp3) is 0.143. The number of benzene rings is 2. The first kappa shape index (κ1) is 15.3. The van der Waals surface area contributed by atoms with Crippen LogP contribution in [0.15, 0.2) is 48.5 Å². The van der Waals surface area contributed by atoms with Crippen LogP contribution in [0.1, 0.15) is 22.1 Å². The zero-order chi connectivity index (χ0) is 15.6. The van der Waals surface area contributed by atoms with Gasteiger partial charge in [-0.1, -0.05) is 42.5 Å². The molecule has 3 nitrogen and oxygen atoms in total. The molecule has 0 bridgehead atoms. The molecule has 21 heavy (non-hydrogen) atoms. The van der Waals surface area contributed by atoms with Gasteiger partial charge < -0.3 is 0 Å². The Labute approximate surface area is 123 Å². The van der Waals surface area contributed by atoms with Gasteiger partial charge in [0.25, 0.3) is 5.69 Å². The number of halogens is 4. The van der Waals surface area contributed by atoms with E-state index in [0.29, 0.717) is 5.56 Å². The van der Waals surface area contributed by atoms with Gasteiger partial charge in [-0.25, -0.2) is 0 Å². The number of nitro groups is 1. The standard InChI is InChI=1S/C14H9ClF3NO2/c15-13(9-5-2-1-3-6-9)10-7-4-8-11(19(20)21)12(10)14(16,17)18/h1-8,13H. The van der Waals surface area contributed by atoms with Gasteiger partial charge >= 0.3 is 6.18 Å². The summed E-state index contributed by atoms with van der Waals surface area (Å²) in [7, 11) is 0. The second kappa shape index (κ2) is 5.73. The fourth-order valence-corrected chi connectivity index (χ4v) is 2.36. The number of hydrogen-bond acceptors (Lipinski definition) is 2. The smallest absolute Gasteiger partial charge is 0.258 e. The van der Waals surface area contributed by atoms with Gasteiger partial charge in [0.1, 0.15) is 5.56 Å². The molecule has 2 aromatic rings. The summed E-state index contributed by atoms with van der Waals surface area (Å²) in [5.41, 5.74) is -2.20. The van der Waals surface area contributed by atoms with Gasteiger partial charge in [0.2, 0.25) is 0 Å². The van der Waals surface area contributed by atoms with Crippen molar-refractivity contribution in [2.45, 2.75) is 11.6 Å². The highest BCUT2D eigenvalue weighted by Gasteiger charge is 2.42. The van der Waals surface area contributed by atoms with Crippen LogP contribution < -0.4 is 0 Å². The van der Waals surface area contributed by atoms with E-state index in [4.69, 9.17) is 11.6 Å². The van der Waals surface area contributed by atoms with Crippen molar-refractivity contribution in [1.29, 1.82) is 0 Å². The molecule has 0 aliphatic carbocycles. The second-order valence-electron chi connectivity index (χ2n) is 4.27. The van der Waals surface area contributed by atoms with E-state index in [1.165, 1.54) is 6.07 Å². The lowest BCUT2D eigenvalue weighted by Crippen LogP contribution is -2.14. The molecule has 0 aliphatic heterocycles. The highest BCUT2D eigenvalue weighted by molar-refractivity contribution is 6.22. The Bertz CT molecular complexity index is 659. The lowest BCUT2D eigenvalue weighted by Gasteiger charge is -2.17. The molecule has 0 saturated heterocycles. The molecule has 110 valence electrons. The van der Waals surface area contributed by atoms with E-state index >= 15 is 0 Å². The van der Waals surface area contributed by atoms with Crippen molar-refractivity contribution >= 4 is 17.3 Å². The van der Waals surface area contributed by atoms with Crippen LogP contribution in [0.2, 0.25) is 0 Å². The van der Waals surface area contributed by atoms with Gasteiger partial charge in [-0.05, 0) is 11.1 Å². The molecule has 0 saturated carbocycles. The van der Waals surface area contributed by atoms with Crippen molar-refractivity contribution in [3.8, 4) is 0 Å². The van der Waals surface area contributed by atoms with Gasteiger partial charge in [0, 0.05) is 6.07 Å². The zero-order valence-electron chi connectivity index (χ0n) is 10.5. The zero-order valence-corrected chi connectivity index (χ0v) is 11.2. The molecule has 7 heteroatoms. The first-order valence-corrected chi connectivity index (χ1v) is 6.29. The largest absolute Gasteiger partial charge is 0.423 e. The van der Waals surface area contributed by atoms with Gasteiger partial charge in [0.15, 0.2) is 0 Å². The monoisotopic (exact) mass is 315 g/mol. The molecule has 0 spiro atoms. The number of nitro benzene ring substituents is 1. The van der Waals surface area contributed by atoms with Crippen molar-refractivity contribution in [1.82, 2.24) is 0 Å². The molecule has 0 aliphatic rings. The Morgan fingerprint density at radius 2 is 1.67 bits per heavy atom. The van der Waals surface area contributed by atoms with Crippen molar-refractivity contribution in [3.63, 3.8) is 0 Å². The number of alkyl halides is 4.